The smallest absolute Gasteiger partial charge is 0.345 e. The number of nitrogens with one attached hydrogen (secondary N) is 1. The predicted molar refractivity (Wildman–Crippen MR) is 129 cm³/mol. The Morgan fingerprint density at radius 2 is 1.91 bits per heavy atom. The average molecular weight is 482 g/mol. The molecule has 0 spiro atoms. The van der Waals surface area contributed by atoms with E-state index < -0.39 is 6.61 Å². The summed E-state index contributed by atoms with van der Waals surface area (Å²) in [7, 11) is 0. The lowest BCUT2D eigenvalue weighted by Crippen LogP contribution is -2.35. The monoisotopic (exact) mass is 481 g/mol. The van der Waals surface area contributed by atoms with E-state index in [1.165, 1.54) is 19.3 Å². The molecule has 1 aromatic heterocycles. The fourth-order valence-electron chi connectivity index (χ4n) is 4.86. The summed E-state index contributed by atoms with van der Waals surface area (Å²) >= 11 is 0. The van der Waals surface area contributed by atoms with Gasteiger partial charge in [0.25, 0.3) is 0 Å². The number of rotatable bonds is 10. The van der Waals surface area contributed by atoms with Gasteiger partial charge in [-0.25, -0.2) is 9.97 Å². The first-order valence-corrected chi connectivity index (χ1v) is 12.7. The van der Waals surface area contributed by atoms with Crippen LogP contribution in [0.1, 0.15) is 70.8 Å². The van der Waals surface area contributed by atoms with Crippen molar-refractivity contribution in [2.45, 2.75) is 83.8 Å². The third-order valence-corrected chi connectivity index (χ3v) is 6.96. The number of carbonyl (C=O) groups is 1. The molecule has 9 heteroatoms. The summed E-state index contributed by atoms with van der Waals surface area (Å²) in [4.78, 5) is 25.0. The minimum Gasteiger partial charge on any atom is -0.356 e. The van der Waals surface area contributed by atoms with Crippen LogP contribution in [0.3, 0.4) is 0 Å². The lowest BCUT2D eigenvalue weighted by molar-refractivity contribution is -0.127. The van der Waals surface area contributed by atoms with Gasteiger partial charge in [0.1, 0.15) is 11.6 Å². The molecular formula is C25H41F2N5O2. The minimum atomic E-state index is -2.76. The lowest BCUT2D eigenvalue weighted by atomic mass is 9.84. The summed E-state index contributed by atoms with van der Waals surface area (Å²) in [6.07, 6.45) is 8.01. The van der Waals surface area contributed by atoms with Crippen LogP contribution < -0.4 is 10.2 Å². The molecule has 0 aromatic carbocycles. The number of halogens is 2. The van der Waals surface area contributed by atoms with E-state index in [0.717, 1.165) is 81.7 Å². The van der Waals surface area contributed by atoms with Crippen LogP contribution in [-0.2, 0) is 21.4 Å². The third kappa shape index (κ3) is 8.41. The quantitative estimate of drug-likeness (QED) is 0.513. The molecule has 7 nitrogen and oxygen atoms in total. The van der Waals surface area contributed by atoms with Crippen LogP contribution in [-0.4, -0.2) is 73.3 Å². The molecule has 3 rings (SSSR count). The van der Waals surface area contributed by atoms with Gasteiger partial charge in [-0.1, -0.05) is 20.8 Å². The number of nitrogens with zero attached hydrogens (tertiary/aromatic N) is 4. The highest BCUT2D eigenvalue weighted by molar-refractivity contribution is 5.46. The lowest BCUT2D eigenvalue weighted by Gasteiger charge is -2.30. The molecule has 0 unspecified atom stereocenters. The number of amides is 1. The minimum absolute atomic E-state index is 0.0569. The Kier molecular flexibility index (Phi) is 10.0. The Balaban J connectivity index is 1.55. The predicted octanol–water partition coefficient (Wildman–Crippen LogP) is 3.76. The summed E-state index contributed by atoms with van der Waals surface area (Å²) < 4.78 is 29.3. The Hall–Kier alpha value is -1.87. The van der Waals surface area contributed by atoms with Gasteiger partial charge in [-0.05, 0) is 57.5 Å². The van der Waals surface area contributed by atoms with E-state index in [4.69, 9.17) is 4.98 Å². The van der Waals surface area contributed by atoms with E-state index in [1.54, 1.807) is 0 Å². The largest absolute Gasteiger partial charge is 0.356 e. The van der Waals surface area contributed by atoms with Crippen LogP contribution in [0.25, 0.3) is 0 Å². The Morgan fingerprint density at radius 1 is 1.15 bits per heavy atom. The van der Waals surface area contributed by atoms with Gasteiger partial charge in [0.05, 0.1) is 6.61 Å². The fraction of sp³-hybridized carbons (Fsp3) is 0.800. The highest BCUT2D eigenvalue weighted by Gasteiger charge is 2.24. The maximum absolute atomic E-state index is 12.4. The van der Waals surface area contributed by atoms with E-state index in [2.05, 4.69) is 45.6 Å². The van der Waals surface area contributed by atoms with Crippen LogP contribution in [0.2, 0.25) is 0 Å². The summed E-state index contributed by atoms with van der Waals surface area (Å²) in [6, 6.07) is 2.30. The van der Waals surface area contributed by atoms with Gasteiger partial charge in [-0.3, -0.25) is 4.79 Å². The number of hydrogen-bond acceptors (Lipinski definition) is 6. The van der Waals surface area contributed by atoms with Crippen molar-refractivity contribution in [3.63, 3.8) is 0 Å². The fourth-order valence-corrected chi connectivity index (χ4v) is 4.86. The number of anilines is 1. The second-order valence-electron chi connectivity index (χ2n) is 10.6. The summed E-state index contributed by atoms with van der Waals surface area (Å²) in [5.41, 5.74) is 0.517. The van der Waals surface area contributed by atoms with Gasteiger partial charge in [0.15, 0.2) is 0 Å². The number of hydrogen-bond donors (Lipinski definition) is 1. The van der Waals surface area contributed by atoms with Crippen LogP contribution in [0, 0.1) is 5.92 Å². The van der Waals surface area contributed by atoms with Crippen molar-refractivity contribution in [3.8, 4) is 0 Å². The molecule has 1 aromatic rings. The highest BCUT2D eigenvalue weighted by atomic mass is 19.3. The molecule has 2 heterocycles. The van der Waals surface area contributed by atoms with Crippen LogP contribution in [0.5, 0.6) is 0 Å². The molecule has 2 fully saturated rings. The van der Waals surface area contributed by atoms with Crippen molar-refractivity contribution in [3.05, 3.63) is 17.6 Å². The Bertz CT molecular complexity index is 766. The summed E-state index contributed by atoms with van der Waals surface area (Å²) in [6.45, 7) is 8.37. The molecule has 0 radical (unpaired) electrons. The average Bonchev–Trinajstić information content (AvgIpc) is 3.04. The number of ether oxygens (including phenoxy) is 1. The van der Waals surface area contributed by atoms with Crippen molar-refractivity contribution in [1.29, 1.82) is 0 Å². The molecule has 34 heavy (non-hydrogen) atoms. The summed E-state index contributed by atoms with van der Waals surface area (Å²) in [5.74, 6) is 2.37. The van der Waals surface area contributed by atoms with Crippen molar-refractivity contribution in [2.24, 2.45) is 5.92 Å². The van der Waals surface area contributed by atoms with E-state index >= 15 is 0 Å². The topological polar surface area (TPSA) is 70.6 Å². The van der Waals surface area contributed by atoms with Gasteiger partial charge in [-0.2, -0.15) is 8.78 Å². The second kappa shape index (κ2) is 12.7. The summed E-state index contributed by atoms with van der Waals surface area (Å²) in [5, 5.41) is 2.93. The number of carbonyl (C=O) groups excluding carboxylic acids is 1. The molecule has 1 amide bonds. The molecule has 0 atom stereocenters. The van der Waals surface area contributed by atoms with Gasteiger partial charge < -0.3 is 19.9 Å². The van der Waals surface area contributed by atoms with Crippen molar-refractivity contribution < 1.29 is 18.3 Å². The molecular weight excluding hydrogens is 440 g/mol. The maximum atomic E-state index is 12.4. The van der Waals surface area contributed by atoms with E-state index in [9.17, 15) is 13.6 Å². The standard InChI is InChI=1S/C25H41F2N5O2/c1-25(2,3)23-29-21(10-16-34-24(26)27)17-22(30-23)32-12-4-11-31(14-15-32)13-9-19-5-7-20(8-6-19)28-18-33/h17-20,24H,4-16H2,1-3H3,(H,28,33). The molecule has 192 valence electrons. The zero-order valence-corrected chi connectivity index (χ0v) is 20.9. The van der Waals surface area contributed by atoms with Crippen LogP contribution >= 0.6 is 0 Å². The molecule has 2 aliphatic rings. The molecule has 1 saturated heterocycles. The van der Waals surface area contributed by atoms with Crippen LogP contribution in [0.15, 0.2) is 6.07 Å². The number of alkyl halides is 2. The molecule has 1 saturated carbocycles. The molecule has 1 aliphatic heterocycles. The van der Waals surface area contributed by atoms with Gasteiger partial charge in [-0.15, -0.1) is 0 Å². The molecule has 0 bridgehead atoms. The maximum Gasteiger partial charge on any atom is 0.345 e. The van der Waals surface area contributed by atoms with Crippen molar-refractivity contribution >= 4 is 12.2 Å². The van der Waals surface area contributed by atoms with Gasteiger partial charge >= 0.3 is 6.61 Å². The Labute approximate surface area is 202 Å². The zero-order chi connectivity index (χ0) is 24.6. The first-order valence-electron chi connectivity index (χ1n) is 12.7. The van der Waals surface area contributed by atoms with E-state index in [-0.39, 0.29) is 12.0 Å². The van der Waals surface area contributed by atoms with Gasteiger partial charge in [0, 0.05) is 49.3 Å². The Morgan fingerprint density at radius 3 is 2.59 bits per heavy atom. The second-order valence-corrected chi connectivity index (χ2v) is 10.6. The van der Waals surface area contributed by atoms with Crippen molar-refractivity contribution in [1.82, 2.24) is 20.2 Å². The molecule has 1 N–H and O–H groups in total. The number of aromatic nitrogens is 2. The van der Waals surface area contributed by atoms with Crippen LogP contribution in [0.4, 0.5) is 14.6 Å². The van der Waals surface area contributed by atoms with E-state index in [1.807, 2.05) is 6.07 Å². The molecule has 1 aliphatic carbocycles. The van der Waals surface area contributed by atoms with E-state index in [0.29, 0.717) is 12.5 Å². The normalized spacial score (nSPS) is 22.6. The first kappa shape index (κ1) is 26.7. The highest BCUT2D eigenvalue weighted by Crippen LogP contribution is 2.27. The third-order valence-electron chi connectivity index (χ3n) is 6.96. The zero-order valence-electron chi connectivity index (χ0n) is 20.9. The first-order chi connectivity index (χ1) is 16.2. The SMILES string of the molecule is CC(C)(C)c1nc(CCOC(F)F)cc(N2CCCN(CCC3CCC(NC=O)CC3)CC2)n1. The van der Waals surface area contributed by atoms with Crippen molar-refractivity contribution in [2.75, 3.05) is 44.2 Å². The van der Waals surface area contributed by atoms with Gasteiger partial charge in [0.2, 0.25) is 6.41 Å².